The van der Waals surface area contributed by atoms with Crippen molar-refractivity contribution in [2.24, 2.45) is 5.41 Å². The molecule has 32 heavy (non-hydrogen) atoms. The van der Waals surface area contributed by atoms with E-state index in [1.54, 1.807) is 35.6 Å². The SMILES string of the molecule is CC(C)NC(=O)[C@@]1(Cc2cccc(-c3cccnc3)c2)CCN(C(=O)c2ccncc2)C1. The molecule has 1 aliphatic rings. The van der Waals surface area contributed by atoms with Crippen molar-refractivity contribution in [1.29, 1.82) is 0 Å². The van der Waals surface area contributed by atoms with Gasteiger partial charge in [-0.3, -0.25) is 19.6 Å². The summed E-state index contributed by atoms with van der Waals surface area (Å²) in [5.74, 6) is -0.0555. The van der Waals surface area contributed by atoms with Crippen LogP contribution < -0.4 is 5.32 Å². The monoisotopic (exact) mass is 428 g/mol. The highest BCUT2D eigenvalue weighted by molar-refractivity contribution is 5.95. The smallest absolute Gasteiger partial charge is 0.253 e. The second-order valence-corrected chi connectivity index (χ2v) is 8.74. The molecule has 0 aliphatic carbocycles. The zero-order chi connectivity index (χ0) is 22.6. The zero-order valence-electron chi connectivity index (χ0n) is 18.5. The average Bonchev–Trinajstić information content (AvgIpc) is 3.25. The molecule has 6 heteroatoms. The van der Waals surface area contributed by atoms with Gasteiger partial charge < -0.3 is 10.2 Å². The Bertz CT molecular complexity index is 1090. The predicted octanol–water partition coefficient (Wildman–Crippen LogP) is 3.74. The molecule has 2 aromatic heterocycles. The topological polar surface area (TPSA) is 75.2 Å². The lowest BCUT2D eigenvalue weighted by molar-refractivity contribution is -0.130. The first kappa shape index (κ1) is 21.7. The van der Waals surface area contributed by atoms with Crippen LogP contribution in [-0.4, -0.2) is 45.8 Å². The summed E-state index contributed by atoms with van der Waals surface area (Å²) in [5, 5.41) is 3.09. The van der Waals surface area contributed by atoms with E-state index in [2.05, 4.69) is 33.5 Å². The predicted molar refractivity (Wildman–Crippen MR) is 124 cm³/mol. The molecule has 3 heterocycles. The standard InChI is InChI=1S/C26H28N4O2/c1-19(2)29-25(32)26(10-14-30(18-26)24(31)21-8-12-27-13-9-21)16-20-5-3-6-22(15-20)23-7-4-11-28-17-23/h3-9,11-13,15,17,19H,10,14,16,18H2,1-2H3,(H,29,32)/t26-/m1/s1. The highest BCUT2D eigenvalue weighted by Gasteiger charge is 2.46. The summed E-state index contributed by atoms with van der Waals surface area (Å²) in [6, 6.07) is 15.6. The van der Waals surface area contributed by atoms with Crippen LogP contribution in [-0.2, 0) is 11.2 Å². The van der Waals surface area contributed by atoms with Crippen LogP contribution in [0.3, 0.4) is 0 Å². The molecule has 0 bridgehead atoms. The number of hydrogen-bond donors (Lipinski definition) is 1. The Hall–Kier alpha value is -3.54. The van der Waals surface area contributed by atoms with E-state index in [1.165, 1.54) is 0 Å². The summed E-state index contributed by atoms with van der Waals surface area (Å²) < 4.78 is 0. The van der Waals surface area contributed by atoms with Gasteiger partial charge in [-0.05, 0) is 61.6 Å². The van der Waals surface area contributed by atoms with Crippen LogP contribution in [0.15, 0.2) is 73.3 Å². The first-order valence-electron chi connectivity index (χ1n) is 11.0. The first-order valence-corrected chi connectivity index (χ1v) is 11.0. The van der Waals surface area contributed by atoms with Gasteiger partial charge in [0, 0.05) is 49.5 Å². The van der Waals surface area contributed by atoms with Crippen LogP contribution in [0.2, 0.25) is 0 Å². The summed E-state index contributed by atoms with van der Waals surface area (Å²) in [7, 11) is 0. The molecule has 1 saturated heterocycles. The van der Waals surface area contributed by atoms with Gasteiger partial charge in [-0.1, -0.05) is 30.3 Å². The molecule has 0 saturated carbocycles. The molecule has 3 aromatic rings. The Kier molecular flexibility index (Phi) is 6.30. The number of benzene rings is 1. The summed E-state index contributed by atoms with van der Waals surface area (Å²) in [5.41, 5.74) is 3.11. The van der Waals surface area contributed by atoms with Crippen molar-refractivity contribution in [3.8, 4) is 11.1 Å². The van der Waals surface area contributed by atoms with E-state index in [1.807, 2.05) is 38.2 Å². The highest BCUT2D eigenvalue weighted by atomic mass is 16.2. The largest absolute Gasteiger partial charge is 0.353 e. The number of nitrogens with one attached hydrogen (secondary N) is 1. The van der Waals surface area contributed by atoms with Gasteiger partial charge in [0.15, 0.2) is 0 Å². The minimum Gasteiger partial charge on any atom is -0.353 e. The van der Waals surface area contributed by atoms with Gasteiger partial charge in [-0.2, -0.15) is 0 Å². The van der Waals surface area contributed by atoms with Crippen LogP contribution in [0.5, 0.6) is 0 Å². The molecule has 6 nitrogen and oxygen atoms in total. The van der Waals surface area contributed by atoms with Gasteiger partial charge in [-0.15, -0.1) is 0 Å². The van der Waals surface area contributed by atoms with Crippen LogP contribution in [0.1, 0.15) is 36.2 Å². The molecule has 1 aromatic carbocycles. The fourth-order valence-corrected chi connectivity index (χ4v) is 4.33. The molecule has 1 fully saturated rings. The number of hydrogen-bond acceptors (Lipinski definition) is 4. The zero-order valence-corrected chi connectivity index (χ0v) is 18.5. The first-order chi connectivity index (χ1) is 15.5. The Labute approximate surface area is 188 Å². The fourth-order valence-electron chi connectivity index (χ4n) is 4.33. The molecule has 164 valence electrons. The number of rotatable bonds is 6. The maximum atomic E-state index is 13.4. The van der Waals surface area contributed by atoms with Crippen molar-refractivity contribution in [1.82, 2.24) is 20.2 Å². The van der Waals surface area contributed by atoms with Crippen molar-refractivity contribution in [2.75, 3.05) is 13.1 Å². The fraction of sp³-hybridized carbons (Fsp3) is 0.308. The van der Waals surface area contributed by atoms with Crippen molar-refractivity contribution in [3.63, 3.8) is 0 Å². The van der Waals surface area contributed by atoms with Crippen LogP contribution in [0, 0.1) is 5.41 Å². The second-order valence-electron chi connectivity index (χ2n) is 8.74. The highest BCUT2D eigenvalue weighted by Crippen LogP contribution is 2.36. The van der Waals surface area contributed by atoms with Gasteiger partial charge in [0.25, 0.3) is 5.91 Å². The summed E-state index contributed by atoms with van der Waals surface area (Å²) >= 11 is 0. The molecule has 1 atom stereocenters. The van der Waals surface area contributed by atoms with E-state index >= 15 is 0 Å². The molecule has 0 spiro atoms. The third-order valence-electron chi connectivity index (χ3n) is 5.93. The quantitative estimate of drug-likeness (QED) is 0.649. The molecule has 0 radical (unpaired) electrons. The minimum atomic E-state index is -0.666. The average molecular weight is 429 g/mol. The van der Waals surface area contributed by atoms with Crippen LogP contribution in [0.25, 0.3) is 11.1 Å². The van der Waals surface area contributed by atoms with E-state index in [4.69, 9.17) is 0 Å². The third kappa shape index (κ3) is 4.69. The minimum absolute atomic E-state index is 0.00399. The number of carbonyl (C=O) groups excluding carboxylic acids is 2. The number of aromatic nitrogens is 2. The maximum absolute atomic E-state index is 13.4. The molecular formula is C26H28N4O2. The van der Waals surface area contributed by atoms with E-state index in [9.17, 15) is 9.59 Å². The van der Waals surface area contributed by atoms with Crippen LogP contribution in [0.4, 0.5) is 0 Å². The van der Waals surface area contributed by atoms with Crippen molar-refractivity contribution >= 4 is 11.8 Å². The van der Waals surface area contributed by atoms with Gasteiger partial charge in [0.2, 0.25) is 5.91 Å². The van der Waals surface area contributed by atoms with Crippen molar-refractivity contribution < 1.29 is 9.59 Å². The molecule has 0 unspecified atom stereocenters. The molecule has 1 aliphatic heterocycles. The molecular weight excluding hydrogens is 400 g/mol. The Balaban J connectivity index is 1.61. The second kappa shape index (κ2) is 9.30. The lowest BCUT2D eigenvalue weighted by atomic mass is 9.79. The van der Waals surface area contributed by atoms with E-state index in [0.717, 1.165) is 16.7 Å². The normalized spacial score (nSPS) is 18.0. The van der Waals surface area contributed by atoms with E-state index < -0.39 is 5.41 Å². The van der Waals surface area contributed by atoms with E-state index in [0.29, 0.717) is 31.5 Å². The van der Waals surface area contributed by atoms with Crippen molar-refractivity contribution in [3.05, 3.63) is 84.4 Å². The maximum Gasteiger partial charge on any atom is 0.253 e. The molecule has 4 rings (SSSR count). The lowest BCUT2D eigenvalue weighted by Crippen LogP contribution is -2.47. The lowest BCUT2D eigenvalue weighted by Gasteiger charge is -2.29. The number of pyridine rings is 2. The van der Waals surface area contributed by atoms with E-state index in [-0.39, 0.29) is 17.9 Å². The van der Waals surface area contributed by atoms with Gasteiger partial charge in [0.05, 0.1) is 5.41 Å². The Morgan fingerprint density at radius 3 is 2.53 bits per heavy atom. The van der Waals surface area contributed by atoms with Crippen LogP contribution >= 0.6 is 0 Å². The third-order valence-corrected chi connectivity index (χ3v) is 5.93. The van der Waals surface area contributed by atoms with Crippen molar-refractivity contribution in [2.45, 2.75) is 32.7 Å². The number of nitrogens with zero attached hydrogens (tertiary/aromatic N) is 3. The van der Waals surface area contributed by atoms with Gasteiger partial charge in [0.1, 0.15) is 0 Å². The Morgan fingerprint density at radius 2 is 1.81 bits per heavy atom. The number of carbonyl (C=O) groups is 2. The van der Waals surface area contributed by atoms with Gasteiger partial charge >= 0.3 is 0 Å². The number of likely N-dealkylation sites (tertiary alicyclic amines) is 1. The number of amides is 2. The molecule has 1 N–H and O–H groups in total. The Morgan fingerprint density at radius 1 is 1.03 bits per heavy atom. The molecule has 2 amide bonds. The summed E-state index contributed by atoms with van der Waals surface area (Å²) in [6.45, 7) is 4.87. The van der Waals surface area contributed by atoms with Gasteiger partial charge in [-0.25, -0.2) is 0 Å². The summed E-state index contributed by atoms with van der Waals surface area (Å²) in [4.78, 5) is 36.4. The summed E-state index contributed by atoms with van der Waals surface area (Å²) in [6.07, 6.45) is 8.02.